The quantitative estimate of drug-likeness (QED) is 0.755. The number of hydrogen-bond donors (Lipinski definition) is 1. The minimum Gasteiger partial charge on any atom is -0.333 e. The van der Waals surface area contributed by atoms with Crippen LogP contribution in [0.2, 0.25) is 0 Å². The lowest BCUT2D eigenvalue weighted by molar-refractivity contribution is 0.582. The van der Waals surface area contributed by atoms with Crippen molar-refractivity contribution in [2.45, 2.75) is 5.25 Å². The van der Waals surface area contributed by atoms with Gasteiger partial charge in [-0.2, -0.15) is 0 Å². The standard InChI is InChI=1S/C15H11BrF2N2S/c16-10-6-13(12(18)7-11(10)17)20-15-19-8-14(21-15)9-4-2-1-3-5-9/h1-7,14H,8H2,(H,19,20). The van der Waals surface area contributed by atoms with Gasteiger partial charge in [-0.3, -0.25) is 4.99 Å². The Hall–Kier alpha value is -1.40. The molecule has 2 aromatic rings. The number of nitrogens with zero attached hydrogens (tertiary/aromatic N) is 1. The van der Waals surface area contributed by atoms with Crippen LogP contribution >= 0.6 is 27.7 Å². The molecule has 1 atom stereocenters. The summed E-state index contributed by atoms with van der Waals surface area (Å²) in [5.74, 6) is -1.26. The maximum Gasteiger partial charge on any atom is 0.161 e. The monoisotopic (exact) mass is 368 g/mol. The first-order valence-corrected chi connectivity index (χ1v) is 7.98. The van der Waals surface area contributed by atoms with Crippen LogP contribution in [0.15, 0.2) is 51.9 Å². The van der Waals surface area contributed by atoms with Crippen molar-refractivity contribution >= 4 is 38.5 Å². The molecule has 1 heterocycles. The Kier molecular flexibility index (Phi) is 4.26. The summed E-state index contributed by atoms with van der Waals surface area (Å²) in [6.07, 6.45) is 0. The molecule has 0 saturated carbocycles. The molecule has 21 heavy (non-hydrogen) atoms. The molecule has 0 saturated heterocycles. The molecule has 0 fully saturated rings. The smallest absolute Gasteiger partial charge is 0.161 e. The zero-order valence-corrected chi connectivity index (χ0v) is 13.2. The van der Waals surface area contributed by atoms with E-state index in [1.165, 1.54) is 11.6 Å². The van der Waals surface area contributed by atoms with E-state index in [4.69, 9.17) is 0 Å². The summed E-state index contributed by atoms with van der Waals surface area (Å²) in [7, 11) is 0. The molecule has 0 spiro atoms. The van der Waals surface area contributed by atoms with Crippen molar-refractivity contribution < 1.29 is 8.78 Å². The minimum absolute atomic E-state index is 0.211. The van der Waals surface area contributed by atoms with Crippen LogP contribution in [-0.4, -0.2) is 11.7 Å². The van der Waals surface area contributed by atoms with Gasteiger partial charge in [0.1, 0.15) is 11.6 Å². The van der Waals surface area contributed by atoms with E-state index in [2.05, 4.69) is 26.2 Å². The number of hydrogen-bond acceptors (Lipinski definition) is 3. The van der Waals surface area contributed by atoms with Crippen LogP contribution in [-0.2, 0) is 0 Å². The van der Waals surface area contributed by atoms with E-state index in [9.17, 15) is 8.78 Å². The van der Waals surface area contributed by atoms with Crippen LogP contribution in [0.25, 0.3) is 0 Å². The SMILES string of the molecule is Fc1cc(F)c(NC2=NCC(c3ccccc3)S2)cc1Br. The number of nitrogens with one attached hydrogen (secondary N) is 1. The van der Waals surface area contributed by atoms with E-state index in [0.717, 1.165) is 6.07 Å². The number of anilines is 1. The highest BCUT2D eigenvalue weighted by Gasteiger charge is 2.22. The number of benzene rings is 2. The summed E-state index contributed by atoms with van der Waals surface area (Å²) in [4.78, 5) is 4.37. The molecule has 1 unspecified atom stereocenters. The highest BCUT2D eigenvalue weighted by Crippen LogP contribution is 2.36. The fraction of sp³-hybridized carbons (Fsp3) is 0.133. The van der Waals surface area contributed by atoms with Gasteiger partial charge >= 0.3 is 0 Å². The third kappa shape index (κ3) is 3.27. The molecule has 0 amide bonds. The van der Waals surface area contributed by atoms with Crippen LogP contribution in [0.5, 0.6) is 0 Å². The summed E-state index contributed by atoms with van der Waals surface area (Å²) in [6, 6.07) is 12.3. The fourth-order valence-corrected chi connectivity index (χ4v) is 3.39. The molecular weight excluding hydrogens is 358 g/mol. The topological polar surface area (TPSA) is 24.4 Å². The molecule has 3 rings (SSSR count). The van der Waals surface area contributed by atoms with E-state index in [1.807, 2.05) is 30.3 Å². The van der Waals surface area contributed by atoms with Gasteiger partial charge in [0.05, 0.1) is 22.0 Å². The van der Waals surface area contributed by atoms with Gasteiger partial charge in [-0.1, -0.05) is 42.1 Å². The minimum atomic E-state index is -0.637. The van der Waals surface area contributed by atoms with Crippen molar-refractivity contribution in [1.82, 2.24) is 0 Å². The lowest BCUT2D eigenvalue weighted by Crippen LogP contribution is -2.07. The average molecular weight is 369 g/mol. The maximum absolute atomic E-state index is 13.7. The molecule has 0 aliphatic carbocycles. The summed E-state index contributed by atoms with van der Waals surface area (Å²) >= 11 is 4.59. The van der Waals surface area contributed by atoms with E-state index in [0.29, 0.717) is 11.7 Å². The van der Waals surface area contributed by atoms with Crippen molar-refractivity contribution in [3.05, 3.63) is 64.1 Å². The summed E-state index contributed by atoms with van der Waals surface area (Å²) in [6.45, 7) is 0.640. The van der Waals surface area contributed by atoms with Crippen LogP contribution in [0.4, 0.5) is 14.5 Å². The van der Waals surface area contributed by atoms with Gasteiger partial charge in [0.2, 0.25) is 0 Å². The number of amidine groups is 1. The van der Waals surface area contributed by atoms with Crippen LogP contribution in [0.1, 0.15) is 10.8 Å². The Balaban J connectivity index is 1.72. The molecule has 0 bridgehead atoms. The van der Waals surface area contributed by atoms with Crippen LogP contribution in [0, 0.1) is 11.6 Å². The molecule has 0 radical (unpaired) electrons. The van der Waals surface area contributed by atoms with Gasteiger partial charge < -0.3 is 5.32 Å². The van der Waals surface area contributed by atoms with Crippen molar-refractivity contribution in [1.29, 1.82) is 0 Å². The third-order valence-electron chi connectivity index (χ3n) is 3.08. The van der Waals surface area contributed by atoms with Crippen molar-refractivity contribution in [2.24, 2.45) is 4.99 Å². The number of thioether (sulfide) groups is 1. The molecule has 108 valence electrons. The van der Waals surface area contributed by atoms with Crippen LogP contribution in [0.3, 0.4) is 0 Å². The summed E-state index contributed by atoms with van der Waals surface area (Å²) < 4.78 is 27.1. The highest BCUT2D eigenvalue weighted by atomic mass is 79.9. The van der Waals surface area contributed by atoms with E-state index in [1.54, 1.807) is 11.8 Å². The second-order valence-corrected chi connectivity index (χ2v) is 6.58. The lowest BCUT2D eigenvalue weighted by Gasteiger charge is -2.10. The van der Waals surface area contributed by atoms with Gasteiger partial charge in [-0.05, 0) is 27.6 Å². The first-order chi connectivity index (χ1) is 10.1. The van der Waals surface area contributed by atoms with Crippen molar-refractivity contribution in [3.8, 4) is 0 Å². The van der Waals surface area contributed by atoms with Gasteiger partial charge in [-0.15, -0.1) is 0 Å². The Labute approximate surface area is 133 Å². The first-order valence-electron chi connectivity index (χ1n) is 6.31. The molecule has 6 heteroatoms. The molecule has 1 aliphatic heterocycles. The summed E-state index contributed by atoms with van der Waals surface area (Å²) in [5, 5.41) is 3.78. The maximum atomic E-state index is 13.7. The van der Waals surface area contributed by atoms with Crippen molar-refractivity contribution in [3.63, 3.8) is 0 Å². The Morgan fingerprint density at radius 1 is 1.14 bits per heavy atom. The summed E-state index contributed by atoms with van der Waals surface area (Å²) in [5.41, 5.74) is 1.40. The van der Waals surface area contributed by atoms with E-state index in [-0.39, 0.29) is 15.4 Å². The second-order valence-electron chi connectivity index (χ2n) is 4.53. The predicted molar refractivity (Wildman–Crippen MR) is 86.8 cm³/mol. The highest BCUT2D eigenvalue weighted by molar-refractivity contribution is 9.10. The predicted octanol–water partition coefficient (Wildman–Crippen LogP) is 4.98. The molecular formula is C15H11BrF2N2S. The lowest BCUT2D eigenvalue weighted by atomic mass is 10.1. The molecule has 2 nitrogen and oxygen atoms in total. The van der Waals surface area contributed by atoms with Gasteiger partial charge in [0.15, 0.2) is 5.17 Å². The number of rotatable bonds is 2. The van der Waals surface area contributed by atoms with Crippen LogP contribution < -0.4 is 5.32 Å². The van der Waals surface area contributed by atoms with Gasteiger partial charge in [0, 0.05) is 6.07 Å². The van der Waals surface area contributed by atoms with Gasteiger partial charge in [0.25, 0.3) is 0 Å². The Morgan fingerprint density at radius 2 is 1.90 bits per heavy atom. The third-order valence-corrected chi connectivity index (χ3v) is 4.85. The Morgan fingerprint density at radius 3 is 2.67 bits per heavy atom. The Bertz CT molecular complexity index is 692. The zero-order chi connectivity index (χ0) is 14.8. The molecule has 0 aromatic heterocycles. The van der Waals surface area contributed by atoms with Crippen molar-refractivity contribution in [2.75, 3.05) is 11.9 Å². The average Bonchev–Trinajstić information content (AvgIpc) is 2.94. The number of aliphatic imine (C=N–C) groups is 1. The molecule has 2 aromatic carbocycles. The number of halogens is 3. The van der Waals surface area contributed by atoms with E-state index >= 15 is 0 Å². The van der Waals surface area contributed by atoms with E-state index < -0.39 is 11.6 Å². The second kappa shape index (κ2) is 6.15. The largest absolute Gasteiger partial charge is 0.333 e. The zero-order valence-electron chi connectivity index (χ0n) is 10.8. The van der Waals surface area contributed by atoms with Gasteiger partial charge in [-0.25, -0.2) is 8.78 Å². The first kappa shape index (κ1) is 14.5. The molecule has 1 aliphatic rings. The fourth-order valence-electron chi connectivity index (χ4n) is 2.02. The molecule has 1 N–H and O–H groups in total. The normalized spacial score (nSPS) is 17.7.